The first kappa shape index (κ1) is 11.1. The minimum atomic E-state index is 0.625. The molecule has 0 spiro atoms. The lowest BCUT2D eigenvalue weighted by molar-refractivity contribution is 0.289. The van der Waals surface area contributed by atoms with Crippen LogP contribution >= 0.6 is 0 Å². The standard InChI is InChI=1S/C16H17NO/c1-12-5-3-7-14(9-12)17-10-15-13(2)6-4-8-16(15)18-11-17/h3-9H,10-11H2,1-2H3. The number of anilines is 1. The molecule has 2 aromatic rings. The van der Waals surface area contributed by atoms with Crippen LogP contribution in [0.4, 0.5) is 5.69 Å². The molecule has 2 aromatic carbocycles. The highest BCUT2D eigenvalue weighted by molar-refractivity contribution is 5.52. The summed E-state index contributed by atoms with van der Waals surface area (Å²) in [7, 11) is 0. The molecule has 1 aliphatic rings. The van der Waals surface area contributed by atoms with E-state index in [9.17, 15) is 0 Å². The normalized spacial score (nSPS) is 14.0. The number of nitrogens with zero attached hydrogens (tertiary/aromatic N) is 1. The molecule has 0 fully saturated rings. The van der Waals surface area contributed by atoms with Crippen molar-refractivity contribution in [2.24, 2.45) is 0 Å². The van der Waals surface area contributed by atoms with Gasteiger partial charge in [0.2, 0.25) is 0 Å². The van der Waals surface area contributed by atoms with Crippen LogP contribution in [0.1, 0.15) is 16.7 Å². The van der Waals surface area contributed by atoms with Gasteiger partial charge in [0.15, 0.2) is 6.73 Å². The summed E-state index contributed by atoms with van der Waals surface area (Å²) in [5, 5.41) is 0. The van der Waals surface area contributed by atoms with Gasteiger partial charge in [0, 0.05) is 11.3 Å². The monoisotopic (exact) mass is 239 g/mol. The third kappa shape index (κ3) is 1.94. The summed E-state index contributed by atoms with van der Waals surface area (Å²) in [4.78, 5) is 2.27. The molecule has 2 nitrogen and oxygen atoms in total. The molecule has 0 radical (unpaired) electrons. The Bertz CT molecular complexity index is 577. The highest BCUT2D eigenvalue weighted by Crippen LogP contribution is 2.30. The molecule has 92 valence electrons. The number of hydrogen-bond donors (Lipinski definition) is 0. The molecule has 0 N–H and O–H groups in total. The Morgan fingerprint density at radius 1 is 1.06 bits per heavy atom. The van der Waals surface area contributed by atoms with Gasteiger partial charge in [-0.15, -0.1) is 0 Å². The Morgan fingerprint density at radius 3 is 2.72 bits per heavy atom. The van der Waals surface area contributed by atoms with Crippen LogP contribution in [-0.4, -0.2) is 6.73 Å². The van der Waals surface area contributed by atoms with Crippen LogP contribution < -0.4 is 9.64 Å². The van der Waals surface area contributed by atoms with Crippen molar-refractivity contribution in [3.8, 4) is 5.75 Å². The van der Waals surface area contributed by atoms with E-state index in [1.54, 1.807) is 0 Å². The van der Waals surface area contributed by atoms with E-state index >= 15 is 0 Å². The predicted molar refractivity (Wildman–Crippen MR) is 74.0 cm³/mol. The summed E-state index contributed by atoms with van der Waals surface area (Å²) in [6.07, 6.45) is 0. The molecule has 0 aromatic heterocycles. The van der Waals surface area contributed by atoms with E-state index in [0.717, 1.165) is 12.3 Å². The fourth-order valence-electron chi connectivity index (χ4n) is 2.39. The van der Waals surface area contributed by atoms with E-state index < -0.39 is 0 Å². The molecule has 0 saturated heterocycles. The molecule has 1 aliphatic heterocycles. The topological polar surface area (TPSA) is 12.5 Å². The Morgan fingerprint density at radius 2 is 1.89 bits per heavy atom. The van der Waals surface area contributed by atoms with Crippen LogP contribution in [0, 0.1) is 13.8 Å². The lowest BCUT2D eigenvalue weighted by Crippen LogP contribution is -2.32. The van der Waals surface area contributed by atoms with Gasteiger partial charge >= 0.3 is 0 Å². The fraction of sp³-hybridized carbons (Fsp3) is 0.250. The number of hydrogen-bond acceptors (Lipinski definition) is 2. The van der Waals surface area contributed by atoms with Gasteiger partial charge in [-0.1, -0.05) is 24.3 Å². The number of rotatable bonds is 1. The van der Waals surface area contributed by atoms with Crippen molar-refractivity contribution in [2.75, 3.05) is 11.6 Å². The molecular weight excluding hydrogens is 222 g/mol. The van der Waals surface area contributed by atoms with Gasteiger partial charge in [0.05, 0.1) is 6.54 Å². The maximum Gasteiger partial charge on any atom is 0.161 e. The predicted octanol–water partition coefficient (Wildman–Crippen LogP) is 3.66. The summed E-state index contributed by atoms with van der Waals surface area (Å²) in [6.45, 7) is 5.81. The Hall–Kier alpha value is -1.96. The summed E-state index contributed by atoms with van der Waals surface area (Å²) < 4.78 is 5.84. The summed E-state index contributed by atoms with van der Waals surface area (Å²) in [5.74, 6) is 1.03. The van der Waals surface area contributed by atoms with E-state index in [0.29, 0.717) is 6.73 Å². The average Bonchev–Trinajstić information content (AvgIpc) is 2.39. The first-order valence-electron chi connectivity index (χ1n) is 6.27. The fourth-order valence-corrected chi connectivity index (χ4v) is 2.39. The molecule has 0 bridgehead atoms. The summed E-state index contributed by atoms with van der Waals surface area (Å²) in [6, 6.07) is 14.8. The van der Waals surface area contributed by atoms with Crippen molar-refractivity contribution in [2.45, 2.75) is 20.4 Å². The number of aryl methyl sites for hydroxylation is 2. The van der Waals surface area contributed by atoms with Crippen molar-refractivity contribution >= 4 is 5.69 Å². The van der Waals surface area contributed by atoms with Crippen molar-refractivity contribution in [1.82, 2.24) is 0 Å². The van der Waals surface area contributed by atoms with Crippen molar-refractivity contribution in [3.05, 3.63) is 59.2 Å². The third-order valence-corrected chi connectivity index (χ3v) is 3.46. The van der Waals surface area contributed by atoms with Crippen molar-refractivity contribution in [1.29, 1.82) is 0 Å². The molecule has 18 heavy (non-hydrogen) atoms. The van der Waals surface area contributed by atoms with Gasteiger partial charge in [-0.25, -0.2) is 0 Å². The first-order valence-corrected chi connectivity index (χ1v) is 6.27. The van der Waals surface area contributed by atoms with Crippen LogP contribution in [0.5, 0.6) is 5.75 Å². The number of fused-ring (bicyclic) bond motifs is 1. The molecule has 1 heterocycles. The zero-order valence-corrected chi connectivity index (χ0v) is 10.8. The third-order valence-electron chi connectivity index (χ3n) is 3.46. The number of ether oxygens (including phenoxy) is 1. The highest BCUT2D eigenvalue weighted by atomic mass is 16.5. The lowest BCUT2D eigenvalue weighted by atomic mass is 10.1. The van der Waals surface area contributed by atoms with Crippen LogP contribution in [0.3, 0.4) is 0 Å². The smallest absolute Gasteiger partial charge is 0.161 e. The van der Waals surface area contributed by atoms with Gasteiger partial charge in [0.25, 0.3) is 0 Å². The highest BCUT2D eigenvalue weighted by Gasteiger charge is 2.18. The molecule has 0 amide bonds. The van der Waals surface area contributed by atoms with Crippen molar-refractivity contribution in [3.63, 3.8) is 0 Å². The van der Waals surface area contributed by atoms with Gasteiger partial charge < -0.3 is 9.64 Å². The largest absolute Gasteiger partial charge is 0.473 e. The van der Waals surface area contributed by atoms with Crippen LogP contribution in [0.15, 0.2) is 42.5 Å². The van der Waals surface area contributed by atoms with Gasteiger partial charge in [0.1, 0.15) is 5.75 Å². The van der Waals surface area contributed by atoms with Crippen LogP contribution in [0.2, 0.25) is 0 Å². The van der Waals surface area contributed by atoms with E-state index in [4.69, 9.17) is 4.74 Å². The van der Waals surface area contributed by atoms with E-state index in [1.807, 2.05) is 0 Å². The average molecular weight is 239 g/mol. The van der Waals surface area contributed by atoms with Gasteiger partial charge in [-0.3, -0.25) is 0 Å². The SMILES string of the molecule is Cc1cccc(N2COc3cccc(C)c3C2)c1. The van der Waals surface area contributed by atoms with Gasteiger partial charge in [-0.05, 0) is 43.2 Å². The lowest BCUT2D eigenvalue weighted by Gasteiger charge is -2.31. The molecule has 3 rings (SSSR count). The maximum atomic E-state index is 5.84. The Labute approximate surface area is 108 Å². The summed E-state index contributed by atoms with van der Waals surface area (Å²) in [5.41, 5.74) is 5.10. The van der Waals surface area contributed by atoms with Crippen LogP contribution in [0.25, 0.3) is 0 Å². The first-order chi connectivity index (χ1) is 8.74. The second-order valence-corrected chi connectivity index (χ2v) is 4.86. The molecule has 0 atom stereocenters. The second kappa shape index (κ2) is 4.37. The quantitative estimate of drug-likeness (QED) is 0.753. The number of benzene rings is 2. The van der Waals surface area contributed by atoms with E-state index in [1.165, 1.54) is 22.4 Å². The van der Waals surface area contributed by atoms with E-state index in [-0.39, 0.29) is 0 Å². The Balaban J connectivity index is 1.93. The van der Waals surface area contributed by atoms with Gasteiger partial charge in [-0.2, -0.15) is 0 Å². The van der Waals surface area contributed by atoms with E-state index in [2.05, 4.69) is 61.2 Å². The molecule has 2 heteroatoms. The summed E-state index contributed by atoms with van der Waals surface area (Å²) >= 11 is 0. The zero-order valence-electron chi connectivity index (χ0n) is 10.8. The molecule has 0 aliphatic carbocycles. The second-order valence-electron chi connectivity index (χ2n) is 4.86. The maximum absolute atomic E-state index is 5.84. The molecular formula is C16H17NO. The Kier molecular flexibility index (Phi) is 2.71. The zero-order chi connectivity index (χ0) is 12.5. The minimum Gasteiger partial charge on any atom is -0.473 e. The molecule has 0 unspecified atom stereocenters. The van der Waals surface area contributed by atoms with Crippen LogP contribution in [-0.2, 0) is 6.54 Å². The molecule has 0 saturated carbocycles. The minimum absolute atomic E-state index is 0.625. The van der Waals surface area contributed by atoms with Crippen molar-refractivity contribution < 1.29 is 4.74 Å².